The molecule has 1 atom stereocenters. The minimum Gasteiger partial charge on any atom is -0.389 e. The number of benzene rings is 1. The van der Waals surface area contributed by atoms with E-state index in [1.807, 2.05) is 7.05 Å². The Labute approximate surface area is 118 Å². The lowest BCUT2D eigenvalue weighted by atomic mass is 10.1. The zero-order valence-corrected chi connectivity index (χ0v) is 12.6. The summed E-state index contributed by atoms with van der Waals surface area (Å²) in [5.74, 6) is 0.782. The number of thiocarbonyl (C=S) groups is 1. The van der Waals surface area contributed by atoms with Gasteiger partial charge in [-0.15, -0.1) is 0 Å². The van der Waals surface area contributed by atoms with Gasteiger partial charge in [-0.05, 0) is 44.0 Å². The van der Waals surface area contributed by atoms with Crippen LogP contribution in [0.1, 0.15) is 18.1 Å². The van der Waals surface area contributed by atoms with Crippen molar-refractivity contribution in [3.05, 3.63) is 35.1 Å². The van der Waals surface area contributed by atoms with Gasteiger partial charge in [0.1, 0.15) is 10.8 Å². The Bertz CT molecular complexity index is 423. The van der Waals surface area contributed by atoms with E-state index in [-0.39, 0.29) is 5.82 Å². The molecule has 0 saturated heterocycles. The van der Waals surface area contributed by atoms with Crippen LogP contribution < -0.4 is 5.73 Å². The van der Waals surface area contributed by atoms with Crippen molar-refractivity contribution >= 4 is 29.0 Å². The number of thioether (sulfide) groups is 1. The lowest BCUT2D eigenvalue weighted by molar-refractivity contribution is 0.269. The van der Waals surface area contributed by atoms with Crippen molar-refractivity contribution in [2.45, 2.75) is 19.5 Å². The molecule has 0 saturated carbocycles. The molecule has 0 fully saturated rings. The van der Waals surface area contributed by atoms with E-state index in [0.717, 1.165) is 16.9 Å². The Hall–Kier alpha value is -0.650. The molecule has 0 aliphatic heterocycles. The third-order valence-corrected chi connectivity index (χ3v) is 3.95. The summed E-state index contributed by atoms with van der Waals surface area (Å²) in [5.41, 5.74) is 7.27. The summed E-state index contributed by atoms with van der Waals surface area (Å²) in [6, 6.07) is 4.97. The summed E-state index contributed by atoms with van der Waals surface area (Å²) in [6.07, 6.45) is 2.08. The first-order valence-corrected chi connectivity index (χ1v) is 7.53. The molecule has 0 heterocycles. The van der Waals surface area contributed by atoms with Gasteiger partial charge in [-0.25, -0.2) is 4.39 Å². The van der Waals surface area contributed by atoms with Gasteiger partial charge in [0.25, 0.3) is 0 Å². The van der Waals surface area contributed by atoms with Gasteiger partial charge in [-0.3, -0.25) is 4.90 Å². The molecule has 0 bridgehead atoms. The van der Waals surface area contributed by atoms with Crippen LogP contribution in [0.4, 0.5) is 4.39 Å². The third-order valence-electron chi connectivity index (χ3n) is 2.91. The fourth-order valence-corrected chi connectivity index (χ4v) is 2.66. The van der Waals surface area contributed by atoms with Crippen LogP contribution in [0, 0.1) is 5.82 Å². The van der Waals surface area contributed by atoms with E-state index in [1.54, 1.807) is 17.8 Å². The Morgan fingerprint density at radius 2 is 2.22 bits per heavy atom. The zero-order valence-electron chi connectivity index (χ0n) is 10.9. The second kappa shape index (κ2) is 7.07. The summed E-state index contributed by atoms with van der Waals surface area (Å²) >= 11 is 6.79. The molecular weight excluding hydrogens is 267 g/mol. The SMILES string of the molecule is CSCC(C)N(C)Cc1cc(F)ccc1C(N)=S. The Kier molecular flexibility index (Phi) is 6.05. The maximum atomic E-state index is 13.3. The van der Waals surface area contributed by atoms with Crippen LogP contribution in [-0.4, -0.2) is 35.0 Å². The molecule has 0 amide bonds. The Balaban J connectivity index is 2.88. The van der Waals surface area contributed by atoms with Gasteiger partial charge in [-0.1, -0.05) is 12.2 Å². The quantitative estimate of drug-likeness (QED) is 0.814. The molecule has 2 N–H and O–H groups in total. The molecule has 0 spiro atoms. The highest BCUT2D eigenvalue weighted by Gasteiger charge is 2.13. The van der Waals surface area contributed by atoms with Crippen molar-refractivity contribution in [2.24, 2.45) is 5.73 Å². The van der Waals surface area contributed by atoms with E-state index in [9.17, 15) is 4.39 Å². The second-order valence-corrected chi connectivity index (χ2v) is 5.74. The van der Waals surface area contributed by atoms with Crippen LogP contribution >= 0.6 is 24.0 Å². The zero-order chi connectivity index (χ0) is 13.7. The van der Waals surface area contributed by atoms with Gasteiger partial charge >= 0.3 is 0 Å². The van der Waals surface area contributed by atoms with Crippen LogP contribution in [0.5, 0.6) is 0 Å². The standard InChI is InChI=1S/C13H19FN2S2/c1-9(8-18-3)16(2)7-10-6-11(14)4-5-12(10)13(15)17/h4-6,9H,7-8H2,1-3H3,(H2,15,17). The van der Waals surface area contributed by atoms with Crippen LogP contribution in [0.25, 0.3) is 0 Å². The molecular formula is C13H19FN2S2. The van der Waals surface area contributed by atoms with Crippen molar-refractivity contribution in [2.75, 3.05) is 19.1 Å². The number of rotatable bonds is 6. The topological polar surface area (TPSA) is 29.3 Å². The summed E-state index contributed by atoms with van der Waals surface area (Å²) in [7, 11) is 2.02. The second-order valence-electron chi connectivity index (χ2n) is 4.39. The first-order chi connectivity index (χ1) is 8.45. The highest BCUT2D eigenvalue weighted by molar-refractivity contribution is 7.98. The normalized spacial score (nSPS) is 12.7. The lowest BCUT2D eigenvalue weighted by Gasteiger charge is -2.25. The number of nitrogens with zero attached hydrogens (tertiary/aromatic N) is 1. The number of hydrogen-bond donors (Lipinski definition) is 1. The molecule has 2 nitrogen and oxygen atoms in total. The van der Waals surface area contributed by atoms with Gasteiger partial charge in [0.15, 0.2) is 0 Å². The first kappa shape index (κ1) is 15.4. The molecule has 5 heteroatoms. The Morgan fingerprint density at radius 1 is 1.56 bits per heavy atom. The molecule has 1 aromatic rings. The predicted molar refractivity (Wildman–Crippen MR) is 81.6 cm³/mol. The summed E-state index contributed by atoms with van der Waals surface area (Å²) in [4.78, 5) is 2.49. The average Bonchev–Trinajstić information content (AvgIpc) is 2.28. The van der Waals surface area contributed by atoms with Crippen LogP contribution in [0.15, 0.2) is 18.2 Å². The molecule has 0 aliphatic carbocycles. The maximum absolute atomic E-state index is 13.3. The number of nitrogens with two attached hydrogens (primary N) is 1. The van der Waals surface area contributed by atoms with Gasteiger partial charge in [0, 0.05) is 23.9 Å². The monoisotopic (exact) mass is 286 g/mol. The van der Waals surface area contributed by atoms with E-state index in [0.29, 0.717) is 17.6 Å². The Morgan fingerprint density at radius 3 is 2.78 bits per heavy atom. The summed E-state index contributed by atoms with van der Waals surface area (Å²) < 4.78 is 13.3. The van der Waals surface area contributed by atoms with E-state index in [4.69, 9.17) is 18.0 Å². The minimum absolute atomic E-state index is 0.254. The van der Waals surface area contributed by atoms with Crippen LogP contribution in [0.3, 0.4) is 0 Å². The number of halogens is 1. The average molecular weight is 286 g/mol. The fraction of sp³-hybridized carbons (Fsp3) is 0.462. The van der Waals surface area contributed by atoms with Gasteiger partial charge in [-0.2, -0.15) is 11.8 Å². The van der Waals surface area contributed by atoms with E-state index in [2.05, 4.69) is 18.1 Å². The van der Waals surface area contributed by atoms with Crippen molar-refractivity contribution in [1.29, 1.82) is 0 Å². The highest BCUT2D eigenvalue weighted by atomic mass is 32.2. The molecule has 1 aromatic carbocycles. The molecule has 1 unspecified atom stereocenters. The van der Waals surface area contributed by atoms with Crippen molar-refractivity contribution in [3.8, 4) is 0 Å². The third kappa shape index (κ3) is 4.23. The van der Waals surface area contributed by atoms with Gasteiger partial charge in [0.2, 0.25) is 0 Å². The van der Waals surface area contributed by atoms with E-state index >= 15 is 0 Å². The smallest absolute Gasteiger partial charge is 0.123 e. The molecule has 0 aliphatic rings. The van der Waals surface area contributed by atoms with Crippen molar-refractivity contribution in [3.63, 3.8) is 0 Å². The lowest BCUT2D eigenvalue weighted by Crippen LogP contribution is -2.31. The van der Waals surface area contributed by atoms with Crippen LogP contribution in [0.2, 0.25) is 0 Å². The molecule has 0 radical (unpaired) electrons. The molecule has 100 valence electrons. The summed E-state index contributed by atoms with van der Waals surface area (Å²) in [5, 5.41) is 0. The highest BCUT2D eigenvalue weighted by Crippen LogP contribution is 2.15. The van der Waals surface area contributed by atoms with Gasteiger partial charge in [0.05, 0.1) is 0 Å². The largest absolute Gasteiger partial charge is 0.389 e. The van der Waals surface area contributed by atoms with E-state index in [1.165, 1.54) is 12.1 Å². The summed E-state index contributed by atoms with van der Waals surface area (Å²) in [6.45, 7) is 2.79. The predicted octanol–water partition coefficient (Wildman–Crippen LogP) is 2.64. The minimum atomic E-state index is -0.254. The first-order valence-electron chi connectivity index (χ1n) is 5.73. The van der Waals surface area contributed by atoms with Crippen molar-refractivity contribution in [1.82, 2.24) is 4.90 Å². The fourth-order valence-electron chi connectivity index (χ4n) is 1.73. The molecule has 18 heavy (non-hydrogen) atoms. The van der Waals surface area contributed by atoms with Gasteiger partial charge < -0.3 is 5.73 Å². The number of hydrogen-bond acceptors (Lipinski definition) is 3. The van der Waals surface area contributed by atoms with Crippen LogP contribution in [-0.2, 0) is 6.54 Å². The molecule has 0 aromatic heterocycles. The van der Waals surface area contributed by atoms with E-state index < -0.39 is 0 Å². The van der Waals surface area contributed by atoms with Crippen molar-refractivity contribution < 1.29 is 4.39 Å². The molecule has 1 rings (SSSR count). The maximum Gasteiger partial charge on any atom is 0.123 e.